The Bertz CT molecular complexity index is 1000. The van der Waals surface area contributed by atoms with Gasteiger partial charge in [-0.05, 0) is 61.2 Å². The second-order valence-electron chi connectivity index (χ2n) is 8.18. The molecule has 0 unspecified atom stereocenters. The lowest BCUT2D eigenvalue weighted by Crippen LogP contribution is -2.52. The van der Waals surface area contributed by atoms with Crippen LogP contribution in [0.2, 0.25) is 0 Å². The highest BCUT2D eigenvalue weighted by Crippen LogP contribution is 2.34. The summed E-state index contributed by atoms with van der Waals surface area (Å²) in [5.74, 6) is 0.412. The number of likely N-dealkylation sites (tertiary alicyclic amines) is 1. The number of carbonyl (C=O) groups excluding carboxylic acids is 2. The topological polar surface area (TPSA) is 92.3 Å². The second-order valence-corrected chi connectivity index (χ2v) is 8.18. The van der Waals surface area contributed by atoms with E-state index in [4.69, 9.17) is 9.57 Å². The predicted octanol–water partition coefficient (Wildman–Crippen LogP) is 4.04. The van der Waals surface area contributed by atoms with Gasteiger partial charge in [0.05, 0.1) is 13.7 Å². The Balaban J connectivity index is 1.34. The maximum absolute atomic E-state index is 12.8. The Hall–Kier alpha value is -3.55. The number of amides is 3. The Kier molecular flexibility index (Phi) is 6.30. The summed E-state index contributed by atoms with van der Waals surface area (Å²) in [6.07, 6.45) is 2.84. The van der Waals surface area contributed by atoms with Gasteiger partial charge in [0.2, 0.25) is 0 Å². The highest BCUT2D eigenvalue weighted by atomic mass is 16.7. The first-order chi connectivity index (χ1) is 15.5. The number of nitrogens with zero attached hydrogens (tertiary/aromatic N) is 2. The minimum Gasteiger partial charge on any atom is -0.497 e. The van der Waals surface area contributed by atoms with Gasteiger partial charge < -0.3 is 25.1 Å². The van der Waals surface area contributed by atoms with E-state index >= 15 is 0 Å². The number of anilines is 2. The number of hydrogen-bond acceptors (Lipinski definition) is 5. The number of hydrogen-bond donors (Lipinski definition) is 2. The van der Waals surface area contributed by atoms with Gasteiger partial charge in [-0.2, -0.15) is 0 Å². The monoisotopic (exact) mass is 436 g/mol. The van der Waals surface area contributed by atoms with E-state index in [9.17, 15) is 9.59 Å². The van der Waals surface area contributed by atoms with Crippen LogP contribution < -0.4 is 15.4 Å². The first kappa shape index (κ1) is 21.7. The standard InChI is InChI=1S/C24H28N4O4/c1-3-17-5-7-19(8-6-17)26-23(30)28-14-4-13-24(16-28)15-21(27-32-24)22(29)25-18-9-11-20(31-2)12-10-18/h5-12H,3-4,13-16H2,1-2H3,(H,25,29)(H,26,30)/t24-/m1/s1. The molecular weight excluding hydrogens is 408 g/mol. The Morgan fingerprint density at radius 3 is 2.47 bits per heavy atom. The fraction of sp³-hybridized carbons (Fsp3) is 0.375. The largest absolute Gasteiger partial charge is 0.497 e. The number of ether oxygens (including phenoxy) is 1. The molecule has 2 aromatic rings. The molecule has 168 valence electrons. The van der Waals surface area contributed by atoms with Gasteiger partial charge in [-0.15, -0.1) is 0 Å². The fourth-order valence-electron chi connectivity index (χ4n) is 4.04. The fourth-order valence-corrected chi connectivity index (χ4v) is 4.04. The zero-order valence-corrected chi connectivity index (χ0v) is 18.4. The molecule has 2 aromatic carbocycles. The number of piperidine rings is 1. The predicted molar refractivity (Wildman–Crippen MR) is 123 cm³/mol. The van der Waals surface area contributed by atoms with Crippen LogP contribution in [0.4, 0.5) is 16.2 Å². The van der Waals surface area contributed by atoms with Crippen molar-refractivity contribution >= 4 is 29.0 Å². The van der Waals surface area contributed by atoms with Crippen LogP contribution in [0.5, 0.6) is 5.75 Å². The lowest BCUT2D eigenvalue weighted by atomic mass is 9.88. The van der Waals surface area contributed by atoms with Gasteiger partial charge in [0, 0.05) is 24.3 Å². The van der Waals surface area contributed by atoms with Crippen LogP contribution in [0.3, 0.4) is 0 Å². The Morgan fingerprint density at radius 1 is 1.09 bits per heavy atom. The maximum atomic E-state index is 12.8. The van der Waals surface area contributed by atoms with Gasteiger partial charge in [0.15, 0.2) is 5.60 Å². The van der Waals surface area contributed by atoms with Gasteiger partial charge in [0.25, 0.3) is 5.91 Å². The first-order valence-corrected chi connectivity index (χ1v) is 10.9. The summed E-state index contributed by atoms with van der Waals surface area (Å²) in [6, 6.07) is 14.7. The molecule has 8 nitrogen and oxygen atoms in total. The number of rotatable bonds is 5. The zero-order chi connectivity index (χ0) is 22.6. The molecule has 1 saturated heterocycles. The van der Waals surface area contributed by atoms with Crippen LogP contribution in [0, 0.1) is 0 Å². The van der Waals surface area contributed by atoms with Crippen molar-refractivity contribution in [3.05, 3.63) is 54.1 Å². The molecule has 1 atom stereocenters. The first-order valence-electron chi connectivity index (χ1n) is 10.9. The van der Waals surface area contributed by atoms with Gasteiger partial charge in [0.1, 0.15) is 11.5 Å². The maximum Gasteiger partial charge on any atom is 0.321 e. The molecule has 4 rings (SSSR count). The Labute approximate surface area is 187 Å². The summed E-state index contributed by atoms with van der Waals surface area (Å²) in [5.41, 5.74) is 2.30. The zero-order valence-electron chi connectivity index (χ0n) is 18.4. The van der Waals surface area contributed by atoms with Crippen LogP contribution in [0.15, 0.2) is 53.7 Å². The van der Waals surface area contributed by atoms with E-state index in [0.29, 0.717) is 36.7 Å². The molecule has 0 aliphatic carbocycles. The molecule has 8 heteroatoms. The van der Waals surface area contributed by atoms with E-state index in [2.05, 4.69) is 22.7 Å². The summed E-state index contributed by atoms with van der Waals surface area (Å²) in [5, 5.41) is 9.85. The van der Waals surface area contributed by atoms with E-state index in [0.717, 1.165) is 24.9 Å². The lowest BCUT2D eigenvalue weighted by molar-refractivity contribution is -0.110. The van der Waals surface area contributed by atoms with Gasteiger partial charge in [-0.3, -0.25) is 4.79 Å². The van der Waals surface area contributed by atoms with Crippen LogP contribution >= 0.6 is 0 Å². The molecule has 2 N–H and O–H groups in total. The molecule has 0 bridgehead atoms. The van der Waals surface area contributed by atoms with Gasteiger partial charge in [-0.1, -0.05) is 24.2 Å². The second kappa shape index (κ2) is 9.30. The van der Waals surface area contributed by atoms with E-state index in [1.807, 2.05) is 24.3 Å². The van der Waals surface area contributed by atoms with Gasteiger partial charge >= 0.3 is 6.03 Å². The van der Waals surface area contributed by atoms with E-state index in [-0.39, 0.29) is 11.9 Å². The molecule has 1 fully saturated rings. The van der Waals surface area contributed by atoms with E-state index in [1.54, 1.807) is 36.3 Å². The number of aryl methyl sites for hydroxylation is 1. The molecular formula is C24H28N4O4. The summed E-state index contributed by atoms with van der Waals surface area (Å²) in [7, 11) is 1.59. The van der Waals surface area contributed by atoms with Crippen molar-refractivity contribution in [3.8, 4) is 5.75 Å². The highest BCUT2D eigenvalue weighted by Gasteiger charge is 2.45. The summed E-state index contributed by atoms with van der Waals surface area (Å²) in [6.45, 7) is 3.11. The van der Waals surface area contributed by atoms with Crippen molar-refractivity contribution in [2.75, 3.05) is 30.8 Å². The minimum atomic E-state index is -0.658. The molecule has 1 spiro atoms. The normalized spacial score (nSPS) is 19.8. The van der Waals surface area contributed by atoms with Crippen molar-refractivity contribution < 1.29 is 19.2 Å². The molecule has 2 aliphatic heterocycles. The molecule has 32 heavy (non-hydrogen) atoms. The van der Waals surface area contributed by atoms with Crippen molar-refractivity contribution in [3.63, 3.8) is 0 Å². The number of nitrogens with one attached hydrogen (secondary N) is 2. The van der Waals surface area contributed by atoms with Crippen LogP contribution in [0.1, 0.15) is 31.7 Å². The Morgan fingerprint density at radius 2 is 1.78 bits per heavy atom. The van der Waals surface area contributed by atoms with Crippen LogP contribution in [-0.4, -0.2) is 48.4 Å². The summed E-state index contributed by atoms with van der Waals surface area (Å²) < 4.78 is 5.13. The lowest BCUT2D eigenvalue weighted by Gasteiger charge is -2.38. The number of urea groups is 1. The third kappa shape index (κ3) is 4.85. The third-order valence-corrected chi connectivity index (χ3v) is 5.89. The van der Waals surface area contributed by atoms with Crippen molar-refractivity contribution in [1.82, 2.24) is 4.90 Å². The smallest absolute Gasteiger partial charge is 0.321 e. The molecule has 3 amide bonds. The SMILES string of the molecule is CCc1ccc(NC(=O)N2CCC[C@@]3(CC(C(=O)Nc4ccc(OC)cc4)=NO3)C2)cc1. The average Bonchev–Trinajstić information content (AvgIpc) is 3.23. The van der Waals surface area contributed by atoms with Crippen LogP contribution in [0.25, 0.3) is 0 Å². The highest BCUT2D eigenvalue weighted by molar-refractivity contribution is 6.43. The van der Waals surface area contributed by atoms with E-state index in [1.165, 1.54) is 5.56 Å². The molecule has 2 aliphatic rings. The molecule has 2 heterocycles. The number of carbonyl (C=O) groups is 2. The number of methoxy groups -OCH3 is 1. The quantitative estimate of drug-likeness (QED) is 0.740. The molecule has 0 aromatic heterocycles. The van der Waals surface area contributed by atoms with Gasteiger partial charge in [-0.25, -0.2) is 4.79 Å². The van der Waals surface area contributed by atoms with Crippen molar-refractivity contribution in [2.24, 2.45) is 5.16 Å². The summed E-state index contributed by atoms with van der Waals surface area (Å²) in [4.78, 5) is 32.9. The van der Waals surface area contributed by atoms with Crippen molar-refractivity contribution in [2.45, 2.75) is 38.2 Å². The van der Waals surface area contributed by atoms with E-state index < -0.39 is 5.60 Å². The van der Waals surface area contributed by atoms with Crippen molar-refractivity contribution in [1.29, 1.82) is 0 Å². The molecule has 0 saturated carbocycles. The minimum absolute atomic E-state index is 0.173. The summed E-state index contributed by atoms with van der Waals surface area (Å²) >= 11 is 0. The molecule has 0 radical (unpaired) electrons. The van der Waals surface area contributed by atoms with Crippen LogP contribution in [-0.2, 0) is 16.1 Å². The number of oxime groups is 1. The number of benzene rings is 2. The average molecular weight is 437 g/mol. The third-order valence-electron chi connectivity index (χ3n) is 5.89.